The maximum atomic E-state index is 12.2. The number of benzene rings is 2. The summed E-state index contributed by atoms with van der Waals surface area (Å²) in [5.74, 6) is 0.881. The van der Waals surface area contributed by atoms with Gasteiger partial charge in [-0.3, -0.25) is 4.40 Å². The van der Waals surface area contributed by atoms with Crippen LogP contribution in [-0.2, 0) is 0 Å². The Morgan fingerprint density at radius 1 is 1.22 bits per heavy atom. The summed E-state index contributed by atoms with van der Waals surface area (Å²) in [4.78, 5) is 5.48. The van der Waals surface area contributed by atoms with Crippen LogP contribution in [0.25, 0.3) is 26.4 Å². The minimum Gasteiger partial charge on any atom is -0.508 e. The Morgan fingerprint density at radius 2 is 2.13 bits per heavy atom. The molecule has 2 heterocycles. The number of aromatic hydroxyl groups is 1. The zero-order valence-electron chi connectivity index (χ0n) is 12.1. The van der Waals surface area contributed by atoms with Crippen molar-refractivity contribution in [2.75, 3.05) is 13.3 Å². The van der Waals surface area contributed by atoms with E-state index in [2.05, 4.69) is 4.98 Å². The molecular weight excluding hydrogens is 315 g/mol. The molecule has 0 spiro atoms. The van der Waals surface area contributed by atoms with Gasteiger partial charge in [0.15, 0.2) is 4.96 Å². The van der Waals surface area contributed by atoms with Gasteiger partial charge in [-0.05, 0) is 30.3 Å². The van der Waals surface area contributed by atoms with Crippen molar-refractivity contribution in [3.05, 3.63) is 48.7 Å². The van der Waals surface area contributed by atoms with Gasteiger partial charge in [0.05, 0.1) is 15.9 Å². The van der Waals surface area contributed by atoms with Crippen molar-refractivity contribution in [2.24, 2.45) is 0 Å². The predicted molar refractivity (Wildman–Crippen MR) is 89.1 cm³/mol. The molecule has 0 bridgehead atoms. The van der Waals surface area contributed by atoms with Crippen molar-refractivity contribution in [3.63, 3.8) is 0 Å². The molecule has 4 nitrogen and oxygen atoms in total. The molecule has 0 radical (unpaired) electrons. The lowest BCUT2D eigenvalue weighted by Gasteiger charge is -2.02. The summed E-state index contributed by atoms with van der Waals surface area (Å²) >= 11 is 1.54. The van der Waals surface area contributed by atoms with E-state index < -0.39 is 6.67 Å². The van der Waals surface area contributed by atoms with Crippen LogP contribution in [-0.4, -0.2) is 27.8 Å². The standard InChI is InChI=1S/C17H13FN2O2S/c18-6-7-22-13-4-5-15-16(9-13)23-17-19-14(10-20(15)17)11-2-1-3-12(21)8-11/h1-5,8-10,21H,6-7H2. The highest BCUT2D eigenvalue weighted by Crippen LogP contribution is 2.32. The molecule has 4 aromatic rings. The molecule has 2 aromatic heterocycles. The SMILES string of the molecule is Oc1cccc(-c2cn3c(n2)sc2cc(OCCF)ccc23)c1. The van der Waals surface area contributed by atoms with Gasteiger partial charge in [0.1, 0.15) is 24.8 Å². The van der Waals surface area contributed by atoms with E-state index in [1.807, 2.05) is 34.9 Å². The molecule has 116 valence electrons. The number of rotatable bonds is 4. The lowest BCUT2D eigenvalue weighted by Crippen LogP contribution is -1.98. The van der Waals surface area contributed by atoms with Crippen molar-refractivity contribution in [3.8, 4) is 22.8 Å². The number of hydrogen-bond acceptors (Lipinski definition) is 4. The molecule has 23 heavy (non-hydrogen) atoms. The number of nitrogens with zero attached hydrogens (tertiary/aromatic N) is 2. The van der Waals surface area contributed by atoms with Crippen LogP contribution >= 0.6 is 11.3 Å². The van der Waals surface area contributed by atoms with E-state index in [1.54, 1.807) is 29.5 Å². The summed E-state index contributed by atoms with van der Waals surface area (Å²) in [6, 6.07) is 12.7. The second-order valence-corrected chi connectivity index (χ2v) is 6.11. The zero-order chi connectivity index (χ0) is 15.8. The summed E-state index contributed by atoms with van der Waals surface area (Å²) < 4.78 is 20.6. The topological polar surface area (TPSA) is 46.8 Å². The van der Waals surface area contributed by atoms with Gasteiger partial charge < -0.3 is 9.84 Å². The number of thiazole rings is 1. The van der Waals surface area contributed by atoms with Gasteiger partial charge >= 0.3 is 0 Å². The predicted octanol–water partition coefficient (Wildman–Crippen LogP) is 4.27. The number of phenols is 1. The maximum absolute atomic E-state index is 12.2. The minimum absolute atomic E-state index is 0.0651. The first-order valence-electron chi connectivity index (χ1n) is 7.14. The quantitative estimate of drug-likeness (QED) is 0.608. The molecule has 0 amide bonds. The molecule has 0 saturated heterocycles. The number of aromatic nitrogens is 2. The number of ether oxygens (including phenoxy) is 1. The fourth-order valence-corrected chi connectivity index (χ4v) is 3.57. The monoisotopic (exact) mass is 328 g/mol. The molecule has 0 unspecified atom stereocenters. The summed E-state index contributed by atoms with van der Waals surface area (Å²) in [6.45, 7) is -0.436. The van der Waals surface area contributed by atoms with Gasteiger partial charge in [-0.25, -0.2) is 9.37 Å². The third kappa shape index (κ3) is 2.51. The Bertz CT molecular complexity index is 993. The third-order valence-electron chi connectivity index (χ3n) is 3.55. The van der Waals surface area contributed by atoms with Crippen LogP contribution in [0.2, 0.25) is 0 Å². The third-order valence-corrected chi connectivity index (χ3v) is 4.57. The number of halogens is 1. The Morgan fingerprint density at radius 3 is 2.96 bits per heavy atom. The van der Waals surface area contributed by atoms with Crippen LogP contribution in [0.3, 0.4) is 0 Å². The van der Waals surface area contributed by atoms with E-state index in [9.17, 15) is 9.50 Å². The van der Waals surface area contributed by atoms with Gasteiger partial charge in [0.25, 0.3) is 0 Å². The van der Waals surface area contributed by atoms with Gasteiger partial charge in [0, 0.05) is 11.8 Å². The smallest absolute Gasteiger partial charge is 0.195 e. The van der Waals surface area contributed by atoms with Crippen molar-refractivity contribution in [1.82, 2.24) is 9.38 Å². The van der Waals surface area contributed by atoms with Gasteiger partial charge in [-0.2, -0.15) is 0 Å². The first-order valence-corrected chi connectivity index (χ1v) is 7.96. The fourth-order valence-electron chi connectivity index (χ4n) is 2.53. The van der Waals surface area contributed by atoms with E-state index in [-0.39, 0.29) is 12.4 Å². The minimum atomic E-state index is -0.501. The van der Waals surface area contributed by atoms with Crippen LogP contribution in [0.5, 0.6) is 11.5 Å². The molecule has 2 aromatic carbocycles. The lowest BCUT2D eigenvalue weighted by atomic mass is 10.1. The van der Waals surface area contributed by atoms with Crippen LogP contribution < -0.4 is 4.74 Å². The maximum Gasteiger partial charge on any atom is 0.195 e. The highest BCUT2D eigenvalue weighted by molar-refractivity contribution is 7.23. The lowest BCUT2D eigenvalue weighted by molar-refractivity contribution is 0.273. The number of phenolic OH excluding ortho intramolecular Hbond substituents is 1. The second-order valence-electron chi connectivity index (χ2n) is 5.10. The fraction of sp³-hybridized carbons (Fsp3) is 0.118. The molecule has 1 N–H and O–H groups in total. The molecule has 0 aliphatic heterocycles. The van der Waals surface area contributed by atoms with Crippen LogP contribution in [0.15, 0.2) is 48.7 Å². The van der Waals surface area contributed by atoms with Crippen LogP contribution in [0.1, 0.15) is 0 Å². The summed E-state index contributed by atoms with van der Waals surface area (Å²) in [6.07, 6.45) is 1.95. The largest absolute Gasteiger partial charge is 0.508 e. The van der Waals surface area contributed by atoms with Crippen molar-refractivity contribution in [1.29, 1.82) is 0 Å². The molecule has 0 atom stereocenters. The summed E-state index contributed by atoms with van der Waals surface area (Å²) in [5.41, 5.74) is 2.71. The van der Waals surface area contributed by atoms with E-state index >= 15 is 0 Å². The first kappa shape index (κ1) is 14.0. The number of hydrogen-bond donors (Lipinski definition) is 1. The van der Waals surface area contributed by atoms with Crippen LogP contribution in [0, 0.1) is 0 Å². The van der Waals surface area contributed by atoms with Crippen molar-refractivity contribution in [2.45, 2.75) is 0 Å². The molecule has 6 heteroatoms. The molecule has 0 fully saturated rings. The van der Waals surface area contributed by atoms with E-state index in [0.717, 1.165) is 26.4 Å². The van der Waals surface area contributed by atoms with E-state index in [0.29, 0.717) is 5.75 Å². The van der Waals surface area contributed by atoms with Crippen molar-refractivity contribution >= 4 is 26.5 Å². The normalized spacial score (nSPS) is 11.3. The summed E-state index contributed by atoms with van der Waals surface area (Å²) in [5, 5.41) is 9.60. The zero-order valence-corrected chi connectivity index (χ0v) is 12.9. The van der Waals surface area contributed by atoms with Gasteiger partial charge in [0.2, 0.25) is 0 Å². The molecule has 4 rings (SSSR count). The highest BCUT2D eigenvalue weighted by Gasteiger charge is 2.11. The average molecular weight is 328 g/mol. The van der Waals surface area contributed by atoms with Crippen LogP contribution in [0.4, 0.5) is 4.39 Å². The molecule has 0 aliphatic carbocycles. The van der Waals surface area contributed by atoms with Gasteiger partial charge in [-0.15, -0.1) is 0 Å². The first-order chi connectivity index (χ1) is 11.2. The molecular formula is C17H13FN2O2S. The number of imidazole rings is 1. The Labute approximate surface area is 135 Å². The Balaban J connectivity index is 1.78. The second kappa shape index (κ2) is 5.55. The number of alkyl halides is 1. The molecule has 0 aliphatic rings. The highest BCUT2D eigenvalue weighted by atomic mass is 32.1. The average Bonchev–Trinajstić information content (AvgIpc) is 3.10. The van der Waals surface area contributed by atoms with Gasteiger partial charge in [-0.1, -0.05) is 23.5 Å². The summed E-state index contributed by atoms with van der Waals surface area (Å²) in [7, 11) is 0. The number of fused-ring (bicyclic) bond motifs is 3. The van der Waals surface area contributed by atoms with E-state index in [1.165, 1.54) is 0 Å². The Kier molecular flexibility index (Phi) is 3.38. The van der Waals surface area contributed by atoms with Crippen molar-refractivity contribution < 1.29 is 14.2 Å². The Hall–Kier alpha value is -2.60. The molecule has 0 saturated carbocycles. The van der Waals surface area contributed by atoms with E-state index in [4.69, 9.17) is 4.74 Å².